The highest BCUT2D eigenvalue weighted by Crippen LogP contribution is 2.36. The van der Waals surface area contributed by atoms with Crippen molar-refractivity contribution in [2.24, 2.45) is 0 Å². The molecule has 1 aliphatic heterocycles. The third-order valence-electron chi connectivity index (χ3n) is 4.75. The van der Waals surface area contributed by atoms with Crippen LogP contribution in [0.15, 0.2) is 71.2 Å². The minimum Gasteiger partial charge on any atom is -0.457 e. The number of para-hydroxylation sites is 1. The summed E-state index contributed by atoms with van der Waals surface area (Å²) in [5.41, 5.74) is 2.63. The Balaban J connectivity index is 1.47. The van der Waals surface area contributed by atoms with Crippen LogP contribution in [-0.4, -0.2) is 19.0 Å². The third kappa shape index (κ3) is 4.12. The van der Waals surface area contributed by atoms with Crippen LogP contribution in [0.1, 0.15) is 18.6 Å². The molecule has 1 fully saturated rings. The second-order valence-corrected chi connectivity index (χ2v) is 7.13. The smallest absolute Gasteiger partial charge is 0.248 e. The van der Waals surface area contributed by atoms with Gasteiger partial charge in [0, 0.05) is 24.7 Å². The predicted molar refractivity (Wildman–Crippen MR) is 115 cm³/mol. The Kier molecular flexibility index (Phi) is 5.49. The number of anilines is 2. The maximum Gasteiger partial charge on any atom is 0.248 e. The number of furan rings is 1. The van der Waals surface area contributed by atoms with Crippen LogP contribution >= 0.6 is 11.6 Å². The van der Waals surface area contributed by atoms with Gasteiger partial charge in [-0.05, 0) is 43.2 Å². The van der Waals surface area contributed by atoms with Gasteiger partial charge in [-0.25, -0.2) is 0 Å². The van der Waals surface area contributed by atoms with Crippen LogP contribution in [0.2, 0.25) is 5.02 Å². The van der Waals surface area contributed by atoms with Crippen LogP contribution in [0.4, 0.5) is 11.4 Å². The number of carbonyl (C=O) groups excluding carboxylic acids is 1. The lowest BCUT2D eigenvalue weighted by molar-refractivity contribution is -0.111. The highest BCUT2D eigenvalue weighted by molar-refractivity contribution is 6.34. The van der Waals surface area contributed by atoms with Crippen LogP contribution in [0.5, 0.6) is 0 Å². The van der Waals surface area contributed by atoms with Crippen LogP contribution in [0, 0.1) is 0 Å². The first kappa shape index (κ1) is 18.4. The third-order valence-corrected chi connectivity index (χ3v) is 5.06. The largest absolute Gasteiger partial charge is 0.457 e. The Hall–Kier alpha value is -2.98. The molecule has 28 heavy (non-hydrogen) atoms. The zero-order chi connectivity index (χ0) is 19.3. The average Bonchev–Trinajstić information content (AvgIpc) is 3.39. The van der Waals surface area contributed by atoms with E-state index < -0.39 is 0 Å². The van der Waals surface area contributed by atoms with Gasteiger partial charge in [0.15, 0.2) is 0 Å². The van der Waals surface area contributed by atoms with Crippen molar-refractivity contribution >= 4 is 35.0 Å². The second kappa shape index (κ2) is 8.36. The first-order valence-corrected chi connectivity index (χ1v) is 9.76. The quantitative estimate of drug-likeness (QED) is 0.554. The van der Waals surface area contributed by atoms with Crippen LogP contribution in [0.3, 0.4) is 0 Å². The minimum absolute atomic E-state index is 0.222. The first-order chi connectivity index (χ1) is 13.7. The minimum atomic E-state index is -0.222. The van der Waals surface area contributed by atoms with Gasteiger partial charge in [0.1, 0.15) is 11.5 Å². The molecule has 4 nitrogen and oxygen atoms in total. The van der Waals surface area contributed by atoms with E-state index in [9.17, 15) is 4.79 Å². The van der Waals surface area contributed by atoms with E-state index in [1.807, 2.05) is 60.7 Å². The Morgan fingerprint density at radius 2 is 1.79 bits per heavy atom. The van der Waals surface area contributed by atoms with Gasteiger partial charge in [-0.15, -0.1) is 0 Å². The molecule has 1 N–H and O–H groups in total. The number of rotatable bonds is 5. The molecule has 0 bridgehead atoms. The van der Waals surface area contributed by atoms with Crippen molar-refractivity contribution in [1.29, 1.82) is 0 Å². The van der Waals surface area contributed by atoms with Gasteiger partial charge < -0.3 is 14.6 Å². The molecular formula is C23H21ClN2O2. The summed E-state index contributed by atoms with van der Waals surface area (Å²) in [6, 6.07) is 19.2. The predicted octanol–water partition coefficient (Wildman–Crippen LogP) is 5.85. The van der Waals surface area contributed by atoms with Gasteiger partial charge in [-0.3, -0.25) is 4.79 Å². The fourth-order valence-corrected chi connectivity index (χ4v) is 3.70. The van der Waals surface area contributed by atoms with E-state index in [0.29, 0.717) is 10.8 Å². The molecule has 0 unspecified atom stereocenters. The van der Waals surface area contributed by atoms with Gasteiger partial charge in [0.25, 0.3) is 0 Å². The fraction of sp³-hybridized carbons (Fsp3) is 0.174. The van der Waals surface area contributed by atoms with Crippen LogP contribution < -0.4 is 10.2 Å². The molecule has 1 aromatic heterocycles. The fourth-order valence-electron chi connectivity index (χ4n) is 3.41. The van der Waals surface area contributed by atoms with E-state index in [1.54, 1.807) is 6.08 Å². The molecule has 0 radical (unpaired) electrons. The number of nitrogens with zero attached hydrogens (tertiary/aromatic N) is 1. The van der Waals surface area contributed by atoms with E-state index >= 15 is 0 Å². The Bertz CT molecular complexity index is 989. The molecule has 4 rings (SSSR count). The van der Waals surface area contributed by atoms with E-state index in [1.165, 1.54) is 6.08 Å². The second-order valence-electron chi connectivity index (χ2n) is 6.72. The molecule has 1 saturated heterocycles. The molecule has 1 amide bonds. The van der Waals surface area contributed by atoms with Crippen molar-refractivity contribution in [3.63, 3.8) is 0 Å². The van der Waals surface area contributed by atoms with E-state index in [0.717, 1.165) is 48.6 Å². The summed E-state index contributed by atoms with van der Waals surface area (Å²) in [4.78, 5) is 14.7. The van der Waals surface area contributed by atoms with Gasteiger partial charge >= 0.3 is 0 Å². The van der Waals surface area contributed by atoms with Gasteiger partial charge in [-0.2, -0.15) is 0 Å². The molecule has 2 aromatic carbocycles. The summed E-state index contributed by atoms with van der Waals surface area (Å²) >= 11 is 6.40. The summed E-state index contributed by atoms with van der Waals surface area (Å²) in [5, 5.41) is 3.60. The van der Waals surface area contributed by atoms with Crippen molar-refractivity contribution in [3.05, 3.63) is 77.5 Å². The Labute approximate surface area is 169 Å². The molecule has 0 saturated carbocycles. The van der Waals surface area contributed by atoms with E-state index in [2.05, 4.69) is 10.2 Å². The highest BCUT2D eigenvalue weighted by Gasteiger charge is 2.19. The highest BCUT2D eigenvalue weighted by atomic mass is 35.5. The SMILES string of the molecule is O=C(/C=C/c1ccc(-c2ccccc2)o1)Nc1cccc(Cl)c1N1CCCC1. The Morgan fingerprint density at radius 3 is 2.57 bits per heavy atom. The summed E-state index contributed by atoms with van der Waals surface area (Å²) in [6.45, 7) is 1.91. The maximum atomic E-state index is 12.4. The molecule has 3 aromatic rings. The summed E-state index contributed by atoms with van der Waals surface area (Å²) < 4.78 is 5.80. The lowest BCUT2D eigenvalue weighted by Crippen LogP contribution is -2.21. The van der Waals surface area contributed by atoms with Crippen molar-refractivity contribution < 1.29 is 9.21 Å². The monoisotopic (exact) mass is 392 g/mol. The number of nitrogens with one attached hydrogen (secondary N) is 1. The number of carbonyl (C=O) groups is 1. The van der Waals surface area contributed by atoms with Crippen LogP contribution in [-0.2, 0) is 4.79 Å². The van der Waals surface area contributed by atoms with Crippen molar-refractivity contribution in [2.45, 2.75) is 12.8 Å². The number of hydrogen-bond donors (Lipinski definition) is 1. The Morgan fingerprint density at radius 1 is 1.00 bits per heavy atom. The summed E-state index contributed by atoms with van der Waals surface area (Å²) in [6.07, 6.45) is 5.42. The summed E-state index contributed by atoms with van der Waals surface area (Å²) in [7, 11) is 0. The summed E-state index contributed by atoms with van der Waals surface area (Å²) in [5.74, 6) is 1.17. The number of halogens is 1. The first-order valence-electron chi connectivity index (χ1n) is 9.38. The molecule has 0 atom stereocenters. The molecular weight excluding hydrogens is 372 g/mol. The zero-order valence-electron chi connectivity index (χ0n) is 15.4. The molecule has 0 aliphatic carbocycles. The maximum absolute atomic E-state index is 12.4. The molecule has 0 spiro atoms. The molecule has 142 valence electrons. The lowest BCUT2D eigenvalue weighted by Gasteiger charge is -2.22. The van der Waals surface area contributed by atoms with Gasteiger partial charge in [0.2, 0.25) is 5.91 Å². The molecule has 1 aliphatic rings. The number of hydrogen-bond acceptors (Lipinski definition) is 3. The van der Waals surface area contributed by atoms with E-state index in [4.69, 9.17) is 16.0 Å². The number of amides is 1. The standard InChI is InChI=1S/C23H21ClN2O2/c24-19-9-6-10-20(23(19)26-15-4-5-16-26)25-22(27)14-12-18-11-13-21(28-18)17-7-2-1-3-8-17/h1-3,6-14H,4-5,15-16H2,(H,25,27)/b14-12+. The van der Waals surface area contributed by atoms with Crippen molar-refractivity contribution in [2.75, 3.05) is 23.3 Å². The van der Waals surface area contributed by atoms with Crippen LogP contribution in [0.25, 0.3) is 17.4 Å². The lowest BCUT2D eigenvalue weighted by atomic mass is 10.2. The topological polar surface area (TPSA) is 45.5 Å². The van der Waals surface area contributed by atoms with Gasteiger partial charge in [-0.1, -0.05) is 48.0 Å². The van der Waals surface area contributed by atoms with Crippen molar-refractivity contribution in [1.82, 2.24) is 0 Å². The number of benzene rings is 2. The average molecular weight is 393 g/mol. The molecule has 2 heterocycles. The zero-order valence-corrected chi connectivity index (χ0v) is 16.2. The molecule has 5 heteroatoms. The van der Waals surface area contributed by atoms with E-state index in [-0.39, 0.29) is 5.91 Å². The normalized spacial score (nSPS) is 14.0. The van der Waals surface area contributed by atoms with Crippen molar-refractivity contribution in [3.8, 4) is 11.3 Å². The van der Waals surface area contributed by atoms with Gasteiger partial charge in [0.05, 0.1) is 16.4 Å².